The van der Waals surface area contributed by atoms with Crippen LogP contribution in [0.15, 0.2) is 0 Å². The summed E-state index contributed by atoms with van der Waals surface area (Å²) in [6.45, 7) is 11.6. The van der Waals surface area contributed by atoms with Crippen molar-refractivity contribution in [2.45, 2.75) is 64.6 Å². The highest BCUT2D eigenvalue weighted by atomic mass is 16.5. The second-order valence-electron chi connectivity index (χ2n) is 7.60. The zero-order valence-corrected chi connectivity index (χ0v) is 13.5. The minimum atomic E-state index is 0.621. The summed E-state index contributed by atoms with van der Waals surface area (Å²) in [6.07, 6.45) is 5.53. The molecule has 3 heteroatoms. The van der Waals surface area contributed by atoms with E-state index in [9.17, 15) is 0 Å². The van der Waals surface area contributed by atoms with Gasteiger partial charge in [-0.1, -0.05) is 6.42 Å². The van der Waals surface area contributed by atoms with Crippen LogP contribution in [0.5, 0.6) is 0 Å². The first kappa shape index (κ1) is 14.8. The molecule has 116 valence electrons. The fourth-order valence-corrected chi connectivity index (χ4v) is 4.55. The van der Waals surface area contributed by atoms with Crippen molar-refractivity contribution in [2.75, 3.05) is 26.3 Å². The summed E-state index contributed by atoms with van der Waals surface area (Å²) in [6, 6.07) is 2.09. The summed E-state index contributed by atoms with van der Waals surface area (Å²) in [4.78, 5) is 2.70. The van der Waals surface area contributed by atoms with Crippen LogP contribution in [0.25, 0.3) is 0 Å². The van der Waals surface area contributed by atoms with E-state index in [0.717, 1.165) is 37.0 Å². The van der Waals surface area contributed by atoms with Gasteiger partial charge in [-0.05, 0) is 57.8 Å². The minimum absolute atomic E-state index is 0.621. The Morgan fingerprint density at radius 3 is 2.30 bits per heavy atom. The number of piperidine rings is 1. The molecule has 3 fully saturated rings. The number of hydrogen-bond acceptors (Lipinski definition) is 3. The molecule has 3 rings (SSSR count). The van der Waals surface area contributed by atoms with Gasteiger partial charge in [0, 0.05) is 37.8 Å². The molecule has 0 radical (unpaired) electrons. The standard InChI is InChI=1S/C17H32N2O/c1-12(2)19-9-14-5-4-6-15(10-19)17(14)18-13(3)16-7-8-20-11-16/h12-18H,4-11H2,1-3H3. The SMILES string of the molecule is CC(NC1C2CCCC1CN(C(C)C)C2)C1CCOC1. The fourth-order valence-electron chi connectivity index (χ4n) is 4.55. The second kappa shape index (κ2) is 6.33. The molecule has 2 heterocycles. The molecule has 4 atom stereocenters. The van der Waals surface area contributed by atoms with Crippen LogP contribution >= 0.6 is 0 Å². The highest BCUT2D eigenvalue weighted by molar-refractivity contribution is 4.97. The maximum Gasteiger partial charge on any atom is 0.0509 e. The highest BCUT2D eigenvalue weighted by Crippen LogP contribution is 2.36. The lowest BCUT2D eigenvalue weighted by atomic mass is 9.72. The summed E-state index contributed by atoms with van der Waals surface area (Å²) >= 11 is 0. The predicted molar refractivity (Wildman–Crippen MR) is 82.9 cm³/mol. The van der Waals surface area contributed by atoms with Gasteiger partial charge in [-0.2, -0.15) is 0 Å². The first-order chi connectivity index (χ1) is 9.65. The summed E-state index contributed by atoms with van der Waals surface area (Å²) in [5, 5.41) is 4.02. The number of ether oxygens (including phenoxy) is 1. The second-order valence-corrected chi connectivity index (χ2v) is 7.60. The van der Waals surface area contributed by atoms with Crippen molar-refractivity contribution in [2.24, 2.45) is 17.8 Å². The van der Waals surface area contributed by atoms with Crippen LogP contribution in [0, 0.1) is 17.8 Å². The quantitative estimate of drug-likeness (QED) is 0.856. The predicted octanol–water partition coefficient (Wildman–Crippen LogP) is 2.51. The van der Waals surface area contributed by atoms with Gasteiger partial charge < -0.3 is 15.0 Å². The zero-order valence-electron chi connectivity index (χ0n) is 13.5. The monoisotopic (exact) mass is 280 g/mol. The van der Waals surface area contributed by atoms with Gasteiger partial charge >= 0.3 is 0 Å². The summed E-state index contributed by atoms with van der Waals surface area (Å²) in [5.41, 5.74) is 0. The fraction of sp³-hybridized carbons (Fsp3) is 1.00. The van der Waals surface area contributed by atoms with Gasteiger partial charge in [0.15, 0.2) is 0 Å². The molecule has 3 aliphatic rings. The van der Waals surface area contributed by atoms with Crippen LogP contribution in [0.4, 0.5) is 0 Å². The molecule has 0 aromatic rings. The lowest BCUT2D eigenvalue weighted by Gasteiger charge is -2.50. The molecular weight excluding hydrogens is 248 g/mol. The Morgan fingerprint density at radius 2 is 1.75 bits per heavy atom. The lowest BCUT2D eigenvalue weighted by Crippen LogP contribution is -2.60. The molecule has 0 aromatic heterocycles. The number of rotatable bonds is 4. The van der Waals surface area contributed by atoms with E-state index >= 15 is 0 Å². The van der Waals surface area contributed by atoms with Gasteiger partial charge in [0.05, 0.1) is 6.61 Å². The van der Waals surface area contributed by atoms with Crippen molar-refractivity contribution < 1.29 is 4.74 Å². The lowest BCUT2D eigenvalue weighted by molar-refractivity contribution is 0.0222. The largest absolute Gasteiger partial charge is 0.381 e. The Labute approximate surface area is 124 Å². The smallest absolute Gasteiger partial charge is 0.0509 e. The Balaban J connectivity index is 1.61. The molecule has 2 saturated heterocycles. The normalized spacial score (nSPS) is 40.2. The molecule has 1 N–H and O–H groups in total. The van der Waals surface area contributed by atoms with Crippen LogP contribution in [-0.4, -0.2) is 49.3 Å². The number of nitrogens with zero attached hydrogens (tertiary/aromatic N) is 1. The summed E-state index contributed by atoms with van der Waals surface area (Å²) < 4.78 is 5.56. The highest BCUT2D eigenvalue weighted by Gasteiger charge is 2.41. The first-order valence-electron chi connectivity index (χ1n) is 8.73. The van der Waals surface area contributed by atoms with Crippen molar-refractivity contribution in [3.8, 4) is 0 Å². The maximum absolute atomic E-state index is 5.56. The van der Waals surface area contributed by atoms with Gasteiger partial charge in [-0.3, -0.25) is 0 Å². The Kier molecular flexibility index (Phi) is 4.68. The van der Waals surface area contributed by atoms with E-state index in [2.05, 4.69) is 31.0 Å². The van der Waals surface area contributed by atoms with Gasteiger partial charge in [-0.15, -0.1) is 0 Å². The molecule has 2 bridgehead atoms. The van der Waals surface area contributed by atoms with Gasteiger partial charge in [0.2, 0.25) is 0 Å². The Morgan fingerprint density at radius 1 is 1.05 bits per heavy atom. The number of likely N-dealkylation sites (tertiary alicyclic amines) is 1. The number of nitrogens with one attached hydrogen (secondary N) is 1. The van der Waals surface area contributed by atoms with E-state index in [-0.39, 0.29) is 0 Å². The zero-order chi connectivity index (χ0) is 14.1. The average Bonchev–Trinajstić information content (AvgIpc) is 2.91. The van der Waals surface area contributed by atoms with E-state index in [1.54, 1.807) is 0 Å². The van der Waals surface area contributed by atoms with Crippen molar-refractivity contribution in [1.29, 1.82) is 0 Å². The molecule has 4 unspecified atom stereocenters. The van der Waals surface area contributed by atoms with Crippen LogP contribution in [0.3, 0.4) is 0 Å². The Hall–Kier alpha value is -0.120. The molecule has 20 heavy (non-hydrogen) atoms. The van der Waals surface area contributed by atoms with E-state index < -0.39 is 0 Å². The van der Waals surface area contributed by atoms with Crippen molar-refractivity contribution >= 4 is 0 Å². The molecule has 3 nitrogen and oxygen atoms in total. The van der Waals surface area contributed by atoms with Gasteiger partial charge in [0.1, 0.15) is 0 Å². The molecule has 1 aliphatic carbocycles. The van der Waals surface area contributed by atoms with Crippen molar-refractivity contribution in [3.05, 3.63) is 0 Å². The first-order valence-corrected chi connectivity index (χ1v) is 8.73. The third-order valence-corrected chi connectivity index (χ3v) is 5.96. The summed E-state index contributed by atoms with van der Waals surface area (Å²) in [7, 11) is 0. The third kappa shape index (κ3) is 3.05. The van der Waals surface area contributed by atoms with Crippen LogP contribution in [0.2, 0.25) is 0 Å². The summed E-state index contributed by atoms with van der Waals surface area (Å²) in [5.74, 6) is 2.48. The molecule has 1 saturated carbocycles. The van der Waals surface area contributed by atoms with Crippen molar-refractivity contribution in [3.63, 3.8) is 0 Å². The molecule has 0 amide bonds. The van der Waals surface area contributed by atoms with Crippen LogP contribution in [-0.2, 0) is 4.74 Å². The van der Waals surface area contributed by atoms with E-state index in [1.807, 2.05) is 0 Å². The van der Waals surface area contributed by atoms with E-state index in [0.29, 0.717) is 12.1 Å². The van der Waals surface area contributed by atoms with E-state index in [1.165, 1.54) is 38.8 Å². The molecule has 2 aliphatic heterocycles. The number of fused-ring (bicyclic) bond motifs is 2. The van der Waals surface area contributed by atoms with Crippen LogP contribution in [0.1, 0.15) is 46.5 Å². The van der Waals surface area contributed by atoms with Gasteiger partial charge in [-0.25, -0.2) is 0 Å². The molecule has 0 aromatic carbocycles. The molecular formula is C17H32N2O. The number of hydrogen-bond donors (Lipinski definition) is 1. The third-order valence-electron chi connectivity index (χ3n) is 5.96. The van der Waals surface area contributed by atoms with Gasteiger partial charge in [0.25, 0.3) is 0 Å². The maximum atomic E-state index is 5.56. The average molecular weight is 280 g/mol. The van der Waals surface area contributed by atoms with Crippen LogP contribution < -0.4 is 5.32 Å². The minimum Gasteiger partial charge on any atom is -0.381 e. The van der Waals surface area contributed by atoms with Crippen molar-refractivity contribution in [1.82, 2.24) is 10.2 Å². The topological polar surface area (TPSA) is 24.5 Å². The Bertz CT molecular complexity index is 300. The van der Waals surface area contributed by atoms with E-state index in [4.69, 9.17) is 4.74 Å². The molecule has 0 spiro atoms.